The maximum atomic E-state index is 2.18. The van der Waals surface area contributed by atoms with E-state index in [1.165, 1.54) is 33.4 Å². The van der Waals surface area contributed by atoms with Crippen LogP contribution in [0.5, 0.6) is 0 Å². The molecule has 0 aromatic carbocycles. The van der Waals surface area contributed by atoms with Gasteiger partial charge in [-0.3, -0.25) is 0 Å². The zero-order valence-electron chi connectivity index (χ0n) is 36.8. The summed E-state index contributed by atoms with van der Waals surface area (Å²) < 4.78 is 0. The van der Waals surface area contributed by atoms with Crippen molar-refractivity contribution >= 4 is 0 Å². The molecule has 0 bridgehead atoms. The Balaban J connectivity index is -0.00000000151. The van der Waals surface area contributed by atoms with E-state index in [2.05, 4.69) is 74.5 Å². The van der Waals surface area contributed by atoms with Gasteiger partial charge in [0.05, 0.1) is 0 Å². The van der Waals surface area contributed by atoms with E-state index in [0.717, 1.165) is 0 Å². The van der Waals surface area contributed by atoms with Gasteiger partial charge in [-0.1, -0.05) is 34.4 Å². The van der Waals surface area contributed by atoms with Gasteiger partial charge in [0.1, 0.15) is 0 Å². The van der Waals surface area contributed by atoms with Crippen molar-refractivity contribution in [1.82, 2.24) is 0 Å². The van der Waals surface area contributed by atoms with Gasteiger partial charge in [-0.2, -0.15) is 0 Å². The largest absolute Gasteiger partial charge is 0.358 e. The quantitative estimate of drug-likeness (QED) is 0.195. The average molecular weight is 3320 g/mol. The van der Waals surface area contributed by atoms with E-state index in [1.807, 2.05) is 6.92 Å². The molecule has 0 aliphatic rings. The molecule has 0 aliphatic heterocycles. The van der Waals surface area contributed by atoms with Gasteiger partial charge < -0.3 is 22.3 Å². The molecule has 34 heteroatoms. The Hall–Kier alpha value is 36.5. The van der Waals surface area contributed by atoms with E-state index >= 15 is 0 Å². The second-order valence-electron chi connectivity index (χ2n) is 5.43. The number of rotatable bonds is 2. The minimum absolute atomic E-state index is 0. The molecular formula is C21H41Y34-3. The molecule has 0 saturated carbocycles. The Morgan fingerprint density at radius 2 is 0.327 bits per heavy atom. The Morgan fingerprint density at radius 3 is 0.364 bits per heavy atom. The van der Waals surface area contributed by atoms with E-state index in [9.17, 15) is 0 Å². The molecule has 0 saturated heterocycles. The maximum Gasteiger partial charge on any atom is 0 e. The molecule has 34 radical (unpaired) electrons. The standard InChI is InChI=1S/C10H18.C8H14.3CH3.34Y/c1-7(2)9(5)10(6)8(3)4;1-5-6-8(4)7(2)3;;;;;;;;;;;;;;;;;;;;;;;;;;;;;;;;;;;;;/h1-6H3;5-6H,1-4H3;3*1H3;;;;;;;;;;;;;;;;;;;;;;;;;;;;;;;;;;/q;;3*-1;;;;;;;;;;;;;;;;;;;;;;;;;;;;;;;;;;/b;6-5-;;;;;;;;;;;;;;;;;;;;;;;;;;;;;;;;;;;;;. The van der Waals surface area contributed by atoms with Crippen molar-refractivity contribution in [3.63, 3.8) is 0 Å². The monoisotopic (exact) mass is 3320 g/mol. The van der Waals surface area contributed by atoms with Gasteiger partial charge >= 0.3 is 0 Å². The average Bonchev–Trinajstić information content (AvgIpc) is 2.27. The van der Waals surface area contributed by atoms with Gasteiger partial charge in [-0.05, 0) is 80.4 Å². The summed E-state index contributed by atoms with van der Waals surface area (Å²) in [6, 6.07) is 0. The van der Waals surface area contributed by atoms with Crippen LogP contribution in [0.2, 0.25) is 0 Å². The molecule has 0 atom stereocenters. The summed E-state index contributed by atoms with van der Waals surface area (Å²) >= 11 is 0. The van der Waals surface area contributed by atoms with Crippen LogP contribution in [0.15, 0.2) is 45.6 Å². The van der Waals surface area contributed by atoms with Gasteiger partial charge in [-0.25, -0.2) is 0 Å². The Bertz CT molecular complexity index is 390. The fourth-order valence-corrected chi connectivity index (χ4v) is 1.17. The molecule has 230 valence electrons. The Kier molecular flexibility index (Phi) is 1120. The summed E-state index contributed by atoms with van der Waals surface area (Å²) in [5.74, 6) is 0. The van der Waals surface area contributed by atoms with E-state index < -0.39 is 0 Å². The fourth-order valence-electron chi connectivity index (χ4n) is 1.17. The number of hydrogen-bond acceptors (Lipinski definition) is 0. The molecular weight excluding hydrogens is 3280 g/mol. The van der Waals surface area contributed by atoms with Crippen LogP contribution in [0.4, 0.5) is 0 Å². The Morgan fingerprint density at radius 1 is 0.218 bits per heavy atom. The van der Waals surface area contributed by atoms with Crippen LogP contribution in [0.3, 0.4) is 0 Å². The minimum atomic E-state index is 0. The molecule has 0 nitrogen and oxygen atoms in total. The summed E-state index contributed by atoms with van der Waals surface area (Å²) in [6.07, 6.45) is 4.18. The van der Waals surface area contributed by atoms with Crippen molar-refractivity contribution in [3.05, 3.63) is 67.9 Å². The van der Waals surface area contributed by atoms with Gasteiger partial charge in [0.2, 0.25) is 0 Å². The first-order valence-corrected chi connectivity index (χ1v) is 6.70. The molecule has 55 heavy (non-hydrogen) atoms. The summed E-state index contributed by atoms with van der Waals surface area (Å²) in [5.41, 5.74) is 8.45. The fraction of sp³-hybridized carbons (Fsp3) is 0.476. The van der Waals surface area contributed by atoms with Gasteiger partial charge in [0.15, 0.2) is 0 Å². The molecule has 0 unspecified atom stereocenters. The molecule has 0 aromatic heterocycles. The van der Waals surface area contributed by atoms with Gasteiger partial charge in [0.25, 0.3) is 0 Å². The third kappa shape index (κ3) is 230. The summed E-state index contributed by atoms with van der Waals surface area (Å²) in [5, 5.41) is 0. The molecule has 0 aliphatic carbocycles. The van der Waals surface area contributed by atoms with Crippen LogP contribution in [-0.4, -0.2) is 0 Å². The number of hydrogen-bond donors (Lipinski definition) is 0. The van der Waals surface area contributed by atoms with Crippen LogP contribution in [0, 0.1) is 22.3 Å². The Labute approximate surface area is 1200 Å². The third-order valence-corrected chi connectivity index (χ3v) is 3.27. The number of allylic oxidation sites excluding steroid dienone is 8. The van der Waals surface area contributed by atoms with Crippen LogP contribution < -0.4 is 0 Å². The first kappa shape index (κ1) is 272. The van der Waals surface area contributed by atoms with Gasteiger partial charge in [-0.15, -0.1) is 0 Å². The molecule has 0 aromatic rings. The van der Waals surface area contributed by atoms with Crippen LogP contribution in [0.25, 0.3) is 0 Å². The summed E-state index contributed by atoms with van der Waals surface area (Å²) in [7, 11) is 0. The third-order valence-electron chi connectivity index (χ3n) is 3.27. The summed E-state index contributed by atoms with van der Waals surface area (Å²) in [4.78, 5) is 0. The SMILES string of the molecule is C/C=C\C(C)=C(C)C.CC(C)=C(C)C(C)=C(C)C.[CH3-].[CH3-].[CH3-].[Y].[Y].[Y].[Y].[Y].[Y].[Y].[Y].[Y].[Y].[Y].[Y].[Y].[Y].[Y].[Y].[Y].[Y].[Y].[Y].[Y].[Y].[Y].[Y].[Y].[Y].[Y].[Y].[Y].[Y].[Y].[Y].[Y].[Y]. The van der Waals surface area contributed by atoms with Crippen LogP contribution >= 0.6 is 0 Å². The van der Waals surface area contributed by atoms with Crippen molar-refractivity contribution in [1.29, 1.82) is 0 Å². The van der Waals surface area contributed by atoms with Crippen molar-refractivity contribution in [2.75, 3.05) is 0 Å². The molecule has 0 rings (SSSR count). The second kappa shape index (κ2) is 227. The van der Waals surface area contributed by atoms with Crippen LogP contribution in [-0.2, 0) is 1110 Å². The smallest absolute Gasteiger partial charge is 0 e. The second-order valence-corrected chi connectivity index (χ2v) is 5.43. The first-order chi connectivity index (χ1) is 8.14. The molecule has 0 spiro atoms. The summed E-state index contributed by atoms with van der Waals surface area (Å²) in [6.45, 7) is 21.4. The maximum absolute atomic E-state index is 2.18. The predicted molar refractivity (Wildman–Crippen MR) is 106 cm³/mol. The zero-order chi connectivity index (χ0) is 14.9. The van der Waals surface area contributed by atoms with Crippen LogP contribution in [0.1, 0.15) is 69.2 Å². The first-order valence-electron chi connectivity index (χ1n) is 6.70. The predicted octanol–water partition coefficient (Wildman–Crippen LogP) is 7.88. The molecule has 0 N–H and O–H groups in total. The molecule has 0 fully saturated rings. The van der Waals surface area contributed by atoms with Crippen molar-refractivity contribution in [2.45, 2.75) is 69.2 Å². The zero-order valence-corrected chi connectivity index (χ0v) is 133. The van der Waals surface area contributed by atoms with Crippen molar-refractivity contribution < 1.29 is 1110 Å². The normalized spacial score (nSPS) is 3.09. The van der Waals surface area contributed by atoms with Crippen molar-refractivity contribution in [3.8, 4) is 0 Å². The van der Waals surface area contributed by atoms with E-state index in [0.29, 0.717) is 0 Å². The van der Waals surface area contributed by atoms with E-state index in [1.54, 1.807) is 0 Å². The van der Waals surface area contributed by atoms with Crippen molar-refractivity contribution in [2.24, 2.45) is 0 Å². The van der Waals surface area contributed by atoms with Gasteiger partial charge in [0, 0.05) is 1110 Å². The molecule has 0 amide bonds. The molecule has 0 heterocycles. The van der Waals surface area contributed by atoms with E-state index in [4.69, 9.17) is 0 Å². The topological polar surface area (TPSA) is 0 Å². The van der Waals surface area contributed by atoms with E-state index in [-0.39, 0.29) is 1130 Å². The minimum Gasteiger partial charge on any atom is -0.358 e.